The van der Waals surface area contributed by atoms with Gasteiger partial charge in [0.15, 0.2) is 11.5 Å². The van der Waals surface area contributed by atoms with Gasteiger partial charge in [0, 0.05) is 12.1 Å². The standard InChI is InChI=1S/C27H24ClFN2O4/c1-3-34-25-14-19(13-23(28)26(25)35-17-20-6-4-5-7-24(20)29)12-21(15-30)27(32)31-16-18-8-10-22(33-2)11-9-18/h4-14H,3,16-17H2,1-2H3,(H,31,32)/b21-12-. The molecule has 0 bridgehead atoms. The third-order valence-corrected chi connectivity index (χ3v) is 5.23. The fourth-order valence-corrected chi connectivity index (χ4v) is 3.45. The molecule has 0 aliphatic heterocycles. The van der Waals surface area contributed by atoms with E-state index in [1.165, 1.54) is 12.1 Å². The fourth-order valence-electron chi connectivity index (χ4n) is 3.18. The number of amides is 1. The number of rotatable bonds is 10. The number of hydrogen-bond acceptors (Lipinski definition) is 5. The summed E-state index contributed by atoms with van der Waals surface area (Å²) < 4.78 is 30.5. The Balaban J connectivity index is 1.77. The van der Waals surface area contributed by atoms with E-state index in [9.17, 15) is 14.4 Å². The van der Waals surface area contributed by atoms with E-state index in [1.54, 1.807) is 56.5 Å². The zero-order valence-corrected chi connectivity index (χ0v) is 20.1. The van der Waals surface area contributed by atoms with E-state index in [-0.39, 0.29) is 35.3 Å². The third-order valence-electron chi connectivity index (χ3n) is 4.95. The fraction of sp³-hybridized carbons (Fsp3) is 0.185. The number of carbonyl (C=O) groups is 1. The van der Waals surface area contributed by atoms with E-state index in [2.05, 4.69) is 5.32 Å². The summed E-state index contributed by atoms with van der Waals surface area (Å²) in [4.78, 5) is 12.6. The maximum atomic E-state index is 13.9. The Kier molecular flexibility index (Phi) is 9.10. The summed E-state index contributed by atoms with van der Waals surface area (Å²) in [6.45, 7) is 2.33. The van der Waals surface area contributed by atoms with Crippen molar-refractivity contribution in [2.45, 2.75) is 20.1 Å². The van der Waals surface area contributed by atoms with Crippen molar-refractivity contribution in [3.05, 3.63) is 93.8 Å². The number of hydrogen-bond donors (Lipinski definition) is 1. The van der Waals surface area contributed by atoms with E-state index in [0.717, 1.165) is 5.56 Å². The van der Waals surface area contributed by atoms with E-state index in [1.807, 2.05) is 18.2 Å². The van der Waals surface area contributed by atoms with Crippen LogP contribution in [0.2, 0.25) is 5.02 Å². The second-order valence-corrected chi connectivity index (χ2v) is 7.75. The predicted molar refractivity (Wildman–Crippen MR) is 132 cm³/mol. The molecule has 0 aliphatic rings. The molecule has 6 nitrogen and oxygen atoms in total. The number of nitrogens with zero attached hydrogens (tertiary/aromatic N) is 1. The zero-order valence-electron chi connectivity index (χ0n) is 19.3. The second kappa shape index (κ2) is 12.4. The summed E-state index contributed by atoms with van der Waals surface area (Å²) in [6, 6.07) is 18.6. The van der Waals surface area contributed by atoms with Gasteiger partial charge in [0.2, 0.25) is 0 Å². The molecule has 0 aromatic heterocycles. The highest BCUT2D eigenvalue weighted by Crippen LogP contribution is 2.38. The molecule has 0 saturated heterocycles. The second-order valence-electron chi connectivity index (χ2n) is 7.34. The van der Waals surface area contributed by atoms with Crippen molar-refractivity contribution in [1.82, 2.24) is 5.32 Å². The lowest BCUT2D eigenvalue weighted by molar-refractivity contribution is -0.117. The van der Waals surface area contributed by atoms with Gasteiger partial charge in [-0.15, -0.1) is 0 Å². The highest BCUT2D eigenvalue weighted by molar-refractivity contribution is 6.32. The van der Waals surface area contributed by atoms with Gasteiger partial charge in [0.1, 0.15) is 29.8 Å². The lowest BCUT2D eigenvalue weighted by atomic mass is 10.1. The third kappa shape index (κ3) is 6.98. The summed E-state index contributed by atoms with van der Waals surface area (Å²) >= 11 is 6.43. The van der Waals surface area contributed by atoms with Crippen molar-refractivity contribution in [2.75, 3.05) is 13.7 Å². The first-order valence-electron chi connectivity index (χ1n) is 10.8. The average Bonchev–Trinajstić information content (AvgIpc) is 2.86. The molecule has 0 fully saturated rings. The minimum absolute atomic E-state index is 0.0428. The highest BCUT2D eigenvalue weighted by atomic mass is 35.5. The van der Waals surface area contributed by atoms with Gasteiger partial charge in [0.25, 0.3) is 5.91 Å². The van der Waals surface area contributed by atoms with Crippen LogP contribution in [0.5, 0.6) is 17.2 Å². The van der Waals surface area contributed by atoms with E-state index in [0.29, 0.717) is 29.2 Å². The van der Waals surface area contributed by atoms with Crippen molar-refractivity contribution in [3.8, 4) is 23.3 Å². The van der Waals surface area contributed by atoms with Gasteiger partial charge < -0.3 is 19.5 Å². The zero-order chi connectivity index (χ0) is 25.2. The number of carbonyl (C=O) groups excluding carboxylic acids is 1. The first-order chi connectivity index (χ1) is 16.9. The summed E-state index contributed by atoms with van der Waals surface area (Å²) in [7, 11) is 1.58. The van der Waals surface area contributed by atoms with Crippen molar-refractivity contribution in [1.29, 1.82) is 5.26 Å². The quantitative estimate of drug-likeness (QED) is 0.289. The van der Waals surface area contributed by atoms with Crippen molar-refractivity contribution < 1.29 is 23.4 Å². The first-order valence-corrected chi connectivity index (χ1v) is 11.2. The summed E-state index contributed by atoms with van der Waals surface area (Å²) in [5.74, 6) is 0.355. The molecule has 1 N–H and O–H groups in total. The summed E-state index contributed by atoms with van der Waals surface area (Å²) in [5, 5.41) is 12.5. The minimum Gasteiger partial charge on any atom is -0.497 e. The number of methoxy groups -OCH3 is 1. The highest BCUT2D eigenvalue weighted by Gasteiger charge is 2.15. The maximum absolute atomic E-state index is 13.9. The number of halogens is 2. The lowest BCUT2D eigenvalue weighted by Crippen LogP contribution is -2.23. The number of benzene rings is 3. The molecule has 0 unspecified atom stereocenters. The van der Waals surface area contributed by atoms with E-state index < -0.39 is 5.91 Å². The van der Waals surface area contributed by atoms with Crippen LogP contribution in [0.1, 0.15) is 23.6 Å². The largest absolute Gasteiger partial charge is 0.497 e. The summed E-state index contributed by atoms with van der Waals surface area (Å²) in [5.41, 5.74) is 1.61. The van der Waals surface area contributed by atoms with Crippen molar-refractivity contribution in [3.63, 3.8) is 0 Å². The van der Waals surface area contributed by atoms with Gasteiger partial charge in [-0.1, -0.05) is 41.9 Å². The molecule has 8 heteroatoms. The van der Waals surface area contributed by atoms with Crippen LogP contribution in [0, 0.1) is 17.1 Å². The Hall–Kier alpha value is -4.02. The Bertz CT molecular complexity index is 1250. The number of nitrogens with one attached hydrogen (secondary N) is 1. The Morgan fingerprint density at radius 3 is 2.54 bits per heavy atom. The van der Waals surface area contributed by atoms with Crippen LogP contribution in [0.3, 0.4) is 0 Å². The molecule has 1 amide bonds. The van der Waals surface area contributed by atoms with Crippen LogP contribution in [0.15, 0.2) is 66.2 Å². The van der Waals surface area contributed by atoms with Crippen LogP contribution in [-0.4, -0.2) is 19.6 Å². The van der Waals surface area contributed by atoms with Gasteiger partial charge in [-0.05, 0) is 54.5 Å². The topological polar surface area (TPSA) is 80.6 Å². The van der Waals surface area contributed by atoms with Gasteiger partial charge in [-0.25, -0.2) is 4.39 Å². The molecule has 0 saturated carbocycles. The molecule has 0 heterocycles. The molecule has 3 aromatic rings. The number of nitriles is 1. The van der Waals surface area contributed by atoms with Crippen LogP contribution >= 0.6 is 11.6 Å². The lowest BCUT2D eigenvalue weighted by Gasteiger charge is -2.15. The SMILES string of the molecule is CCOc1cc(/C=C(/C#N)C(=O)NCc2ccc(OC)cc2)cc(Cl)c1OCc1ccccc1F. The Labute approximate surface area is 208 Å². The van der Waals surface area contributed by atoms with Gasteiger partial charge >= 0.3 is 0 Å². The average molecular weight is 495 g/mol. The summed E-state index contributed by atoms with van der Waals surface area (Å²) in [6.07, 6.45) is 1.42. The predicted octanol–water partition coefficient (Wildman–Crippen LogP) is 5.69. The van der Waals surface area contributed by atoms with Crippen molar-refractivity contribution >= 4 is 23.6 Å². The molecule has 0 spiro atoms. The monoisotopic (exact) mass is 494 g/mol. The van der Waals surface area contributed by atoms with Gasteiger partial charge in [-0.3, -0.25) is 4.79 Å². The van der Waals surface area contributed by atoms with Crippen LogP contribution in [-0.2, 0) is 17.9 Å². The number of ether oxygens (including phenoxy) is 3. The molecule has 0 aliphatic carbocycles. The van der Waals surface area contributed by atoms with Crippen LogP contribution in [0.25, 0.3) is 6.08 Å². The van der Waals surface area contributed by atoms with E-state index >= 15 is 0 Å². The molecule has 0 radical (unpaired) electrons. The van der Waals surface area contributed by atoms with Gasteiger partial charge in [0.05, 0.1) is 18.7 Å². The molecular weight excluding hydrogens is 471 g/mol. The Morgan fingerprint density at radius 1 is 1.14 bits per heavy atom. The van der Waals surface area contributed by atoms with Crippen LogP contribution < -0.4 is 19.5 Å². The van der Waals surface area contributed by atoms with E-state index in [4.69, 9.17) is 25.8 Å². The minimum atomic E-state index is -0.530. The molecule has 180 valence electrons. The molecular formula is C27H24ClFN2O4. The van der Waals surface area contributed by atoms with Gasteiger partial charge in [-0.2, -0.15) is 5.26 Å². The normalized spacial score (nSPS) is 10.9. The molecule has 3 rings (SSSR count). The molecule has 3 aromatic carbocycles. The Morgan fingerprint density at radius 2 is 1.89 bits per heavy atom. The first kappa shape index (κ1) is 25.6. The smallest absolute Gasteiger partial charge is 0.262 e. The molecule has 0 atom stereocenters. The molecule has 35 heavy (non-hydrogen) atoms. The maximum Gasteiger partial charge on any atom is 0.262 e. The van der Waals surface area contributed by atoms with Crippen molar-refractivity contribution in [2.24, 2.45) is 0 Å². The van der Waals surface area contributed by atoms with Crippen LogP contribution in [0.4, 0.5) is 4.39 Å².